The molecular weight excluding hydrogens is 416 g/mol. The van der Waals surface area contributed by atoms with Gasteiger partial charge in [0.2, 0.25) is 0 Å². The first kappa shape index (κ1) is 21.3. The van der Waals surface area contributed by atoms with Crippen molar-refractivity contribution in [2.75, 3.05) is 39.6 Å². The van der Waals surface area contributed by atoms with Crippen LogP contribution in [0.3, 0.4) is 0 Å². The average Bonchev–Trinajstić information content (AvgIpc) is 3.26. The molecule has 0 radical (unpaired) electrons. The molecule has 1 aromatic heterocycles. The molecule has 0 saturated heterocycles. The average molecular weight is 438 g/mol. The van der Waals surface area contributed by atoms with Crippen molar-refractivity contribution in [3.05, 3.63) is 53.2 Å². The van der Waals surface area contributed by atoms with Crippen molar-refractivity contribution in [3.8, 4) is 11.4 Å². The van der Waals surface area contributed by atoms with Crippen molar-refractivity contribution in [2.45, 2.75) is 6.92 Å². The Morgan fingerprint density at radius 1 is 0.969 bits per heavy atom. The molecule has 0 atom stereocenters. The summed E-state index contributed by atoms with van der Waals surface area (Å²) in [5.41, 5.74) is 3.44. The number of hydrogen-bond donors (Lipinski definition) is 0. The molecule has 166 valence electrons. The van der Waals surface area contributed by atoms with E-state index in [2.05, 4.69) is 10.2 Å². The fourth-order valence-corrected chi connectivity index (χ4v) is 3.59. The second-order valence-corrected chi connectivity index (χ2v) is 7.03. The molecule has 1 aliphatic heterocycles. The summed E-state index contributed by atoms with van der Waals surface area (Å²) in [6.45, 7) is 1.81. The van der Waals surface area contributed by atoms with Gasteiger partial charge in [-0.15, -0.1) is 15.0 Å². The molecule has 0 N–H and O–H groups in total. The third-order valence-corrected chi connectivity index (χ3v) is 5.02. The van der Waals surface area contributed by atoms with Crippen LogP contribution >= 0.6 is 0 Å². The van der Waals surface area contributed by atoms with Gasteiger partial charge < -0.3 is 23.8 Å². The molecule has 2 heterocycles. The zero-order valence-electron chi connectivity index (χ0n) is 18.1. The Kier molecular flexibility index (Phi) is 5.78. The summed E-state index contributed by atoms with van der Waals surface area (Å²) >= 11 is 0. The lowest BCUT2D eigenvalue weighted by molar-refractivity contribution is -0.140. The molecule has 10 nitrogen and oxygen atoms in total. The minimum atomic E-state index is -0.693. The molecule has 4 rings (SSSR count). The van der Waals surface area contributed by atoms with Crippen LogP contribution in [0.5, 0.6) is 5.75 Å². The van der Waals surface area contributed by atoms with Gasteiger partial charge in [0.05, 0.1) is 39.2 Å². The third kappa shape index (κ3) is 3.65. The largest absolute Gasteiger partial charge is 0.492 e. The van der Waals surface area contributed by atoms with Crippen molar-refractivity contribution in [2.24, 2.45) is 0 Å². The molecule has 3 aromatic rings. The Bertz CT molecular complexity index is 1200. The Balaban J connectivity index is 1.93. The summed E-state index contributed by atoms with van der Waals surface area (Å²) < 4.78 is 21.1. The topological polar surface area (TPSA) is 105 Å². The van der Waals surface area contributed by atoms with Crippen LogP contribution in [0.2, 0.25) is 0 Å². The molecule has 0 fully saturated rings. The molecule has 0 aliphatic carbocycles. The zero-order chi connectivity index (χ0) is 22.8. The van der Waals surface area contributed by atoms with Gasteiger partial charge in [-0.2, -0.15) is 0 Å². The van der Waals surface area contributed by atoms with E-state index in [1.54, 1.807) is 0 Å². The van der Waals surface area contributed by atoms with E-state index in [1.165, 1.54) is 31.0 Å². The van der Waals surface area contributed by atoms with Crippen LogP contribution in [-0.2, 0) is 23.8 Å². The normalized spacial score (nSPS) is 13.9. The lowest BCUT2D eigenvalue weighted by Gasteiger charge is -2.32. The van der Waals surface area contributed by atoms with E-state index in [9.17, 15) is 9.59 Å². The van der Waals surface area contributed by atoms with E-state index in [0.717, 1.165) is 16.6 Å². The highest BCUT2D eigenvalue weighted by Gasteiger charge is 2.34. The molecule has 0 spiro atoms. The standard InChI is InChI=1S/C22H22N4O6/c1-13-9-17(25-12-32-11-14(21(27)30-3)19(25)22(28)31-4)20(29-2)18(10-13)26-23-15-7-5-6-8-16(15)24-26/h5-10H,11-12H2,1-4H3. The van der Waals surface area contributed by atoms with Crippen molar-refractivity contribution in [3.63, 3.8) is 0 Å². The SMILES string of the molecule is COC(=O)C1=C(C(=O)OC)N(c2cc(C)cc(-n3nc4ccccc4n3)c2OC)COC1. The van der Waals surface area contributed by atoms with Crippen LogP contribution in [-0.4, -0.2) is 61.6 Å². The number of methoxy groups -OCH3 is 3. The first-order valence-corrected chi connectivity index (χ1v) is 9.74. The third-order valence-electron chi connectivity index (χ3n) is 5.02. The lowest BCUT2D eigenvalue weighted by Crippen LogP contribution is -2.39. The molecule has 10 heteroatoms. The van der Waals surface area contributed by atoms with Gasteiger partial charge in [-0.1, -0.05) is 12.1 Å². The molecule has 0 bridgehead atoms. The Labute approximate surface area is 183 Å². The number of benzene rings is 2. The summed E-state index contributed by atoms with van der Waals surface area (Å²) in [7, 11) is 3.99. The minimum absolute atomic E-state index is 0.00130. The number of rotatable bonds is 5. The van der Waals surface area contributed by atoms with E-state index in [-0.39, 0.29) is 24.6 Å². The predicted molar refractivity (Wildman–Crippen MR) is 115 cm³/mol. The highest BCUT2D eigenvalue weighted by molar-refractivity contribution is 6.03. The van der Waals surface area contributed by atoms with Gasteiger partial charge in [-0.05, 0) is 36.8 Å². The number of nitrogens with zero attached hydrogens (tertiary/aromatic N) is 4. The second-order valence-electron chi connectivity index (χ2n) is 7.03. The van der Waals surface area contributed by atoms with E-state index < -0.39 is 11.9 Å². The quantitative estimate of drug-likeness (QED) is 0.554. The van der Waals surface area contributed by atoms with Crippen LogP contribution in [0.4, 0.5) is 5.69 Å². The Hall–Kier alpha value is -3.92. The summed E-state index contributed by atoms with van der Waals surface area (Å²) in [6.07, 6.45) is 0. The van der Waals surface area contributed by atoms with Crippen molar-refractivity contribution in [1.82, 2.24) is 15.0 Å². The summed E-state index contributed by atoms with van der Waals surface area (Å²) in [5.74, 6) is -0.976. The van der Waals surface area contributed by atoms with Gasteiger partial charge in [-0.3, -0.25) is 0 Å². The Morgan fingerprint density at radius 3 is 2.19 bits per heavy atom. The lowest BCUT2D eigenvalue weighted by atomic mass is 10.1. The number of esters is 2. The van der Waals surface area contributed by atoms with Gasteiger partial charge in [-0.25, -0.2) is 9.59 Å². The van der Waals surface area contributed by atoms with E-state index in [1.807, 2.05) is 43.3 Å². The van der Waals surface area contributed by atoms with Gasteiger partial charge in [0.1, 0.15) is 29.1 Å². The van der Waals surface area contributed by atoms with E-state index in [4.69, 9.17) is 18.9 Å². The fraction of sp³-hybridized carbons (Fsp3) is 0.273. The highest BCUT2D eigenvalue weighted by Crippen LogP contribution is 2.39. The number of carbonyl (C=O) groups is 2. The molecule has 2 aromatic carbocycles. The maximum Gasteiger partial charge on any atom is 0.355 e. The maximum atomic E-state index is 12.7. The highest BCUT2D eigenvalue weighted by atomic mass is 16.5. The zero-order valence-corrected chi connectivity index (χ0v) is 18.1. The van der Waals surface area contributed by atoms with Gasteiger partial charge >= 0.3 is 11.9 Å². The number of hydrogen-bond acceptors (Lipinski definition) is 9. The monoisotopic (exact) mass is 438 g/mol. The molecule has 0 unspecified atom stereocenters. The molecule has 0 amide bonds. The van der Waals surface area contributed by atoms with Crippen LogP contribution in [0, 0.1) is 6.92 Å². The second kappa shape index (κ2) is 8.67. The van der Waals surface area contributed by atoms with Crippen molar-refractivity contribution in [1.29, 1.82) is 0 Å². The van der Waals surface area contributed by atoms with Gasteiger partial charge in [0.15, 0.2) is 5.75 Å². The van der Waals surface area contributed by atoms with Gasteiger partial charge in [0.25, 0.3) is 0 Å². The number of carbonyl (C=O) groups excluding carboxylic acids is 2. The van der Waals surface area contributed by atoms with E-state index in [0.29, 0.717) is 17.1 Å². The van der Waals surface area contributed by atoms with Crippen molar-refractivity contribution < 1.29 is 28.5 Å². The molecule has 1 aliphatic rings. The van der Waals surface area contributed by atoms with Gasteiger partial charge in [0, 0.05) is 0 Å². The number of fused-ring (bicyclic) bond motifs is 1. The first-order chi connectivity index (χ1) is 15.5. The first-order valence-electron chi connectivity index (χ1n) is 9.74. The number of ether oxygens (including phenoxy) is 4. The molecular formula is C22H22N4O6. The van der Waals surface area contributed by atoms with Crippen molar-refractivity contribution >= 4 is 28.7 Å². The van der Waals surface area contributed by atoms with E-state index >= 15 is 0 Å². The fourth-order valence-electron chi connectivity index (χ4n) is 3.59. The molecule has 0 saturated carbocycles. The Morgan fingerprint density at radius 2 is 1.59 bits per heavy atom. The van der Waals surface area contributed by atoms with Crippen LogP contribution in [0.25, 0.3) is 16.7 Å². The van der Waals surface area contributed by atoms with Crippen LogP contribution in [0.15, 0.2) is 47.7 Å². The minimum Gasteiger partial charge on any atom is -0.492 e. The predicted octanol–water partition coefficient (Wildman–Crippen LogP) is 2.13. The number of aromatic nitrogens is 3. The smallest absolute Gasteiger partial charge is 0.355 e. The van der Waals surface area contributed by atoms with Crippen LogP contribution in [0.1, 0.15) is 5.56 Å². The summed E-state index contributed by atoms with van der Waals surface area (Å²) in [5, 5.41) is 9.09. The molecule has 32 heavy (non-hydrogen) atoms. The maximum absolute atomic E-state index is 12.7. The summed E-state index contributed by atoms with van der Waals surface area (Å²) in [4.78, 5) is 28.0. The van der Waals surface area contributed by atoms with Crippen LogP contribution < -0.4 is 9.64 Å². The number of anilines is 1. The summed E-state index contributed by atoms with van der Waals surface area (Å²) in [6, 6.07) is 11.2. The number of aryl methyl sites for hydroxylation is 1.